The number of unbranched alkanes of at least 4 members (excludes halogenated alkanes) is 2. The fraction of sp³-hybridized carbons (Fsp3) is 0.444. The maximum atomic E-state index is 10.7. The van der Waals surface area contributed by atoms with E-state index < -0.39 is 0 Å². The summed E-state index contributed by atoms with van der Waals surface area (Å²) < 4.78 is 22.1. The predicted molar refractivity (Wildman–Crippen MR) is 132 cm³/mol. The zero-order valence-corrected chi connectivity index (χ0v) is 20.1. The minimum absolute atomic E-state index is 0.0843. The highest BCUT2D eigenvalue weighted by atomic mass is 16.5. The first kappa shape index (κ1) is 24.0. The monoisotopic (exact) mass is 466 g/mol. The van der Waals surface area contributed by atoms with Crippen LogP contribution in [0.4, 0.5) is 0 Å². The summed E-state index contributed by atoms with van der Waals surface area (Å²) in [7, 11) is 3.19. The first-order valence-corrected chi connectivity index (χ1v) is 12.0. The highest BCUT2D eigenvalue weighted by Crippen LogP contribution is 2.40. The van der Waals surface area contributed by atoms with Crippen LogP contribution < -0.4 is 14.2 Å². The molecule has 1 aliphatic rings. The summed E-state index contributed by atoms with van der Waals surface area (Å²) in [5.74, 6) is 2.45. The van der Waals surface area contributed by atoms with Gasteiger partial charge >= 0.3 is 0 Å². The third-order valence-corrected chi connectivity index (χ3v) is 6.31. The lowest BCUT2D eigenvalue weighted by molar-refractivity contribution is 0.221. The van der Waals surface area contributed by atoms with Crippen LogP contribution in [0.3, 0.4) is 0 Å². The fourth-order valence-electron chi connectivity index (χ4n) is 4.42. The van der Waals surface area contributed by atoms with Gasteiger partial charge < -0.3 is 28.7 Å². The summed E-state index contributed by atoms with van der Waals surface area (Å²) in [4.78, 5) is 2.57. The molecule has 0 aliphatic carbocycles. The van der Waals surface area contributed by atoms with Crippen LogP contribution in [0.2, 0.25) is 0 Å². The number of phenolic OH excluding ortho intramolecular Hbond substituents is 1. The molecule has 0 spiro atoms. The van der Waals surface area contributed by atoms with Gasteiger partial charge in [0.25, 0.3) is 0 Å². The Balaban J connectivity index is 1.34. The van der Waals surface area contributed by atoms with Crippen LogP contribution in [0.1, 0.15) is 38.5 Å². The van der Waals surface area contributed by atoms with Crippen LogP contribution in [0, 0.1) is 0 Å². The van der Waals surface area contributed by atoms with Crippen molar-refractivity contribution < 1.29 is 23.8 Å². The van der Waals surface area contributed by atoms with Crippen molar-refractivity contribution in [3.05, 3.63) is 42.6 Å². The molecule has 7 nitrogen and oxygen atoms in total. The molecule has 0 atom stereocenters. The summed E-state index contributed by atoms with van der Waals surface area (Å²) in [5, 5.41) is 14.6. The number of methoxy groups -OCH3 is 2. The zero-order chi connectivity index (χ0) is 23.8. The van der Waals surface area contributed by atoms with Gasteiger partial charge in [0.05, 0.1) is 32.6 Å². The Morgan fingerprint density at radius 2 is 1.74 bits per heavy atom. The number of hydrogen-bond donors (Lipinski definition) is 1. The number of hydrogen-bond acceptors (Lipinski definition) is 7. The number of benzene rings is 2. The normalized spacial score (nSPS) is 14.2. The smallest absolute Gasteiger partial charge is 0.178 e. The van der Waals surface area contributed by atoms with Gasteiger partial charge in [0, 0.05) is 11.6 Å². The number of ether oxygens (including phenoxy) is 3. The molecule has 0 saturated carbocycles. The molecule has 0 amide bonds. The molecular weight excluding hydrogens is 432 g/mol. The standard InChI is InChI=1S/C27H34N2O5/c1-31-25-12-9-20(17-26(25)32-2)23-19-28-34-27(23)22-11-10-21(18-24(22)30)33-16-8-4-7-15-29-13-5-3-6-14-29/h9-12,17-19,30H,3-8,13-16H2,1-2H3. The second-order valence-electron chi connectivity index (χ2n) is 8.63. The summed E-state index contributed by atoms with van der Waals surface area (Å²) in [6.45, 7) is 4.33. The van der Waals surface area contributed by atoms with Crippen molar-refractivity contribution in [2.75, 3.05) is 40.5 Å². The molecular formula is C27H34N2O5. The van der Waals surface area contributed by atoms with Crippen molar-refractivity contribution in [1.29, 1.82) is 0 Å². The van der Waals surface area contributed by atoms with Crippen LogP contribution in [-0.4, -0.2) is 55.6 Å². The second kappa shape index (κ2) is 11.8. The fourth-order valence-corrected chi connectivity index (χ4v) is 4.42. The number of aromatic hydroxyl groups is 1. The first-order valence-electron chi connectivity index (χ1n) is 12.0. The molecule has 4 rings (SSSR count). The highest BCUT2D eigenvalue weighted by Gasteiger charge is 2.18. The van der Waals surface area contributed by atoms with Crippen molar-refractivity contribution in [3.63, 3.8) is 0 Å². The summed E-state index contributed by atoms with van der Waals surface area (Å²) in [5.41, 5.74) is 2.15. The molecule has 0 bridgehead atoms. The molecule has 7 heteroatoms. The molecule has 2 aromatic carbocycles. The predicted octanol–water partition coefficient (Wildman–Crippen LogP) is 5.77. The lowest BCUT2D eigenvalue weighted by Gasteiger charge is -2.26. The SMILES string of the molecule is COc1ccc(-c2cnoc2-c2ccc(OCCCCCN3CCCCC3)cc2O)cc1OC. The summed E-state index contributed by atoms with van der Waals surface area (Å²) in [6.07, 6.45) is 9.04. The lowest BCUT2D eigenvalue weighted by atomic mass is 10.0. The van der Waals surface area contributed by atoms with Crippen molar-refractivity contribution in [2.45, 2.75) is 38.5 Å². The minimum Gasteiger partial charge on any atom is -0.507 e. The quantitative estimate of drug-likeness (QED) is 0.360. The maximum Gasteiger partial charge on any atom is 0.178 e. The molecule has 1 saturated heterocycles. The van der Waals surface area contributed by atoms with Gasteiger partial charge in [-0.1, -0.05) is 17.6 Å². The largest absolute Gasteiger partial charge is 0.507 e. The number of phenols is 1. The van der Waals surface area contributed by atoms with Gasteiger partial charge in [-0.15, -0.1) is 0 Å². The van der Waals surface area contributed by atoms with E-state index in [9.17, 15) is 5.11 Å². The van der Waals surface area contributed by atoms with Crippen LogP contribution in [0.5, 0.6) is 23.0 Å². The Morgan fingerprint density at radius 3 is 2.50 bits per heavy atom. The number of rotatable bonds is 11. The summed E-state index contributed by atoms with van der Waals surface area (Å²) >= 11 is 0. The number of nitrogens with zero attached hydrogens (tertiary/aromatic N) is 2. The van der Waals surface area contributed by atoms with Crippen molar-refractivity contribution in [2.24, 2.45) is 0 Å². The Bertz CT molecular complexity index is 1060. The Kier molecular flexibility index (Phi) is 8.31. The van der Waals surface area contributed by atoms with E-state index in [4.69, 9.17) is 18.7 Å². The molecule has 1 aromatic heterocycles. The molecule has 0 unspecified atom stereocenters. The van der Waals surface area contributed by atoms with Gasteiger partial charge in [0.1, 0.15) is 11.5 Å². The third-order valence-electron chi connectivity index (χ3n) is 6.31. The van der Waals surface area contributed by atoms with E-state index in [2.05, 4.69) is 10.1 Å². The van der Waals surface area contributed by atoms with Crippen molar-refractivity contribution in [3.8, 4) is 45.4 Å². The van der Waals surface area contributed by atoms with E-state index in [0.717, 1.165) is 24.0 Å². The molecule has 3 aromatic rings. The Hall–Kier alpha value is -3.19. The first-order chi connectivity index (χ1) is 16.7. The average Bonchev–Trinajstić information content (AvgIpc) is 3.36. The van der Waals surface area contributed by atoms with E-state index in [0.29, 0.717) is 35.2 Å². The van der Waals surface area contributed by atoms with E-state index in [1.807, 2.05) is 24.3 Å². The van der Waals surface area contributed by atoms with Gasteiger partial charge in [-0.05, 0) is 81.6 Å². The van der Waals surface area contributed by atoms with Gasteiger partial charge in [-0.25, -0.2) is 0 Å². The van der Waals surface area contributed by atoms with Crippen LogP contribution in [0.15, 0.2) is 47.1 Å². The Labute approximate surface area is 201 Å². The topological polar surface area (TPSA) is 77.2 Å². The van der Waals surface area contributed by atoms with Crippen LogP contribution in [0.25, 0.3) is 22.5 Å². The zero-order valence-electron chi connectivity index (χ0n) is 20.1. The van der Waals surface area contributed by atoms with E-state index in [1.54, 1.807) is 32.5 Å². The Morgan fingerprint density at radius 1 is 0.912 bits per heavy atom. The maximum absolute atomic E-state index is 10.7. The number of likely N-dealkylation sites (tertiary alicyclic amines) is 1. The van der Waals surface area contributed by atoms with Gasteiger partial charge in [-0.3, -0.25) is 0 Å². The number of aromatic nitrogens is 1. The molecule has 1 aliphatic heterocycles. The molecule has 1 fully saturated rings. The molecule has 0 radical (unpaired) electrons. The average molecular weight is 467 g/mol. The van der Waals surface area contributed by atoms with Gasteiger partial charge in [0.2, 0.25) is 0 Å². The highest BCUT2D eigenvalue weighted by molar-refractivity contribution is 5.82. The second-order valence-corrected chi connectivity index (χ2v) is 8.63. The summed E-state index contributed by atoms with van der Waals surface area (Å²) in [6, 6.07) is 10.9. The van der Waals surface area contributed by atoms with Gasteiger partial charge in [-0.2, -0.15) is 0 Å². The van der Waals surface area contributed by atoms with Crippen LogP contribution in [-0.2, 0) is 0 Å². The van der Waals surface area contributed by atoms with Crippen molar-refractivity contribution >= 4 is 0 Å². The van der Waals surface area contributed by atoms with Gasteiger partial charge in [0.15, 0.2) is 17.3 Å². The molecule has 182 valence electrons. The van der Waals surface area contributed by atoms with E-state index >= 15 is 0 Å². The van der Waals surface area contributed by atoms with E-state index in [-0.39, 0.29) is 5.75 Å². The molecule has 34 heavy (non-hydrogen) atoms. The lowest BCUT2D eigenvalue weighted by Crippen LogP contribution is -2.30. The van der Waals surface area contributed by atoms with E-state index in [1.165, 1.54) is 45.3 Å². The van der Waals surface area contributed by atoms with Crippen LogP contribution >= 0.6 is 0 Å². The third kappa shape index (κ3) is 5.83. The molecule has 1 N–H and O–H groups in total. The minimum atomic E-state index is 0.0843. The van der Waals surface area contributed by atoms with Crippen molar-refractivity contribution in [1.82, 2.24) is 10.1 Å². The molecule has 2 heterocycles. The number of piperidine rings is 1.